The number of aryl methyl sites for hydroxylation is 1. The highest BCUT2D eigenvalue weighted by atomic mass is 32.1. The number of aromatic nitrogens is 4. The third-order valence-corrected chi connectivity index (χ3v) is 9.27. The molecule has 0 amide bonds. The van der Waals surface area contributed by atoms with E-state index in [2.05, 4.69) is 47.9 Å². The largest absolute Gasteiger partial charge is 0.439 e. The molecule has 2 unspecified atom stereocenters. The number of aromatic amines is 1. The summed E-state index contributed by atoms with van der Waals surface area (Å²) in [6.45, 7) is 9.11. The normalized spacial score (nSPS) is 18.5. The highest BCUT2D eigenvalue weighted by Gasteiger charge is 2.32. The van der Waals surface area contributed by atoms with Gasteiger partial charge in [-0.1, -0.05) is 93.1 Å². The molecular weight excluding hydrogens is 570 g/mol. The summed E-state index contributed by atoms with van der Waals surface area (Å²) in [7, 11) is 0. The first-order valence-corrected chi connectivity index (χ1v) is 16.4. The summed E-state index contributed by atoms with van der Waals surface area (Å²) in [6.07, 6.45) is 6.68. The predicted octanol–water partition coefficient (Wildman–Crippen LogP) is 6.37. The molecule has 2 aliphatic rings. The standard InChI is InChI=1S/C35H41N5O3S/c1-4-5-10-30-36-32(26-15-16-26)29(18-31(44)39-19-22(2)17-23(3)20-39)34(41)40(30)21-24-11-13-25(14-12-24)27-8-6-7-9-28(27)33-37-35(42)43-38-33/h6-9,11-14,22-23,26H,4-5,10,15-21H2,1-3H3,(H,37,38,42). The van der Waals surface area contributed by atoms with Crippen molar-refractivity contribution in [1.29, 1.82) is 0 Å². The third kappa shape index (κ3) is 6.62. The number of H-pyrrole nitrogens is 1. The number of benzene rings is 2. The lowest BCUT2D eigenvalue weighted by molar-refractivity contribution is 0.214. The summed E-state index contributed by atoms with van der Waals surface area (Å²) < 4.78 is 6.63. The van der Waals surface area contributed by atoms with Crippen LogP contribution in [0.1, 0.15) is 81.4 Å². The van der Waals surface area contributed by atoms with Crippen LogP contribution < -0.4 is 11.3 Å². The lowest BCUT2D eigenvalue weighted by Crippen LogP contribution is -2.43. The van der Waals surface area contributed by atoms with Gasteiger partial charge in [0.15, 0.2) is 5.82 Å². The van der Waals surface area contributed by atoms with Crippen LogP contribution in [0.2, 0.25) is 0 Å². The molecule has 2 fully saturated rings. The maximum atomic E-state index is 14.3. The number of nitrogens with zero attached hydrogens (tertiary/aromatic N) is 4. The minimum absolute atomic E-state index is 0.0536. The van der Waals surface area contributed by atoms with Gasteiger partial charge in [0.1, 0.15) is 5.82 Å². The summed E-state index contributed by atoms with van der Waals surface area (Å²) in [4.78, 5) is 37.0. The number of likely N-dealkylation sites (tertiary alicyclic amines) is 1. The fraction of sp³-hybridized carbons (Fsp3) is 0.457. The van der Waals surface area contributed by atoms with Gasteiger partial charge in [-0.05, 0) is 54.2 Å². The molecule has 3 heterocycles. The lowest BCUT2D eigenvalue weighted by Gasteiger charge is -2.37. The Morgan fingerprint density at radius 1 is 1.02 bits per heavy atom. The molecule has 44 heavy (non-hydrogen) atoms. The Labute approximate surface area is 263 Å². The van der Waals surface area contributed by atoms with E-state index in [9.17, 15) is 9.59 Å². The molecule has 6 rings (SSSR count). The zero-order valence-electron chi connectivity index (χ0n) is 25.8. The molecule has 230 valence electrons. The Morgan fingerprint density at radius 2 is 1.73 bits per heavy atom. The maximum Gasteiger partial charge on any atom is 0.439 e. The van der Waals surface area contributed by atoms with Crippen molar-refractivity contribution < 1.29 is 4.52 Å². The van der Waals surface area contributed by atoms with Crippen molar-refractivity contribution in [2.24, 2.45) is 11.8 Å². The summed E-state index contributed by atoms with van der Waals surface area (Å²) in [5.74, 6) is 2.24. The van der Waals surface area contributed by atoms with Gasteiger partial charge in [0, 0.05) is 43.0 Å². The van der Waals surface area contributed by atoms with Gasteiger partial charge in [0.05, 0.1) is 17.2 Å². The Hall–Kier alpha value is -3.85. The summed E-state index contributed by atoms with van der Waals surface area (Å²) >= 11 is 5.99. The van der Waals surface area contributed by atoms with Gasteiger partial charge in [0.25, 0.3) is 5.56 Å². The molecule has 0 spiro atoms. The van der Waals surface area contributed by atoms with Crippen LogP contribution in [0.3, 0.4) is 0 Å². The van der Waals surface area contributed by atoms with Crippen molar-refractivity contribution in [2.75, 3.05) is 13.1 Å². The number of nitrogens with one attached hydrogen (secondary N) is 1. The van der Waals surface area contributed by atoms with Crippen molar-refractivity contribution in [1.82, 2.24) is 24.6 Å². The van der Waals surface area contributed by atoms with Gasteiger partial charge in [-0.25, -0.2) is 9.78 Å². The smallest absolute Gasteiger partial charge is 0.365 e. The first-order valence-electron chi connectivity index (χ1n) is 16.0. The van der Waals surface area contributed by atoms with E-state index in [1.807, 2.05) is 41.0 Å². The van der Waals surface area contributed by atoms with E-state index in [1.165, 1.54) is 6.42 Å². The molecule has 1 saturated carbocycles. The molecule has 0 bridgehead atoms. The van der Waals surface area contributed by atoms with Gasteiger partial charge in [-0.2, -0.15) is 0 Å². The van der Waals surface area contributed by atoms with Crippen LogP contribution in [0.4, 0.5) is 0 Å². The van der Waals surface area contributed by atoms with Gasteiger partial charge in [-0.15, -0.1) is 0 Å². The highest BCUT2D eigenvalue weighted by molar-refractivity contribution is 7.80. The fourth-order valence-corrected chi connectivity index (χ4v) is 6.89. The molecule has 1 aliphatic carbocycles. The molecule has 8 nitrogen and oxygen atoms in total. The van der Waals surface area contributed by atoms with Crippen LogP contribution >= 0.6 is 12.2 Å². The molecule has 2 aromatic carbocycles. The fourth-order valence-electron chi connectivity index (χ4n) is 6.60. The molecule has 1 N–H and O–H groups in total. The Balaban J connectivity index is 1.32. The first kappa shape index (κ1) is 30.2. The van der Waals surface area contributed by atoms with Gasteiger partial charge >= 0.3 is 5.76 Å². The number of thiocarbonyl (C=S) groups is 1. The summed E-state index contributed by atoms with van der Waals surface area (Å²) in [6, 6.07) is 16.0. The topological polar surface area (TPSA) is 97.0 Å². The number of piperidine rings is 1. The minimum atomic E-state index is -0.587. The number of hydrogen-bond acceptors (Lipinski definition) is 6. The summed E-state index contributed by atoms with van der Waals surface area (Å²) in [5.41, 5.74) is 5.53. The highest BCUT2D eigenvalue weighted by Crippen LogP contribution is 2.40. The van der Waals surface area contributed by atoms with E-state index in [4.69, 9.17) is 21.7 Å². The van der Waals surface area contributed by atoms with Crippen LogP contribution in [0.5, 0.6) is 0 Å². The SMILES string of the molecule is CCCCc1nc(C2CC2)c(CC(=S)N2CC(C)CC(C)C2)c(=O)n1Cc1ccc(-c2ccccc2-c2noc(=O)[nH]2)cc1. The second-order valence-electron chi connectivity index (χ2n) is 12.8. The van der Waals surface area contributed by atoms with Crippen molar-refractivity contribution in [2.45, 2.75) is 78.2 Å². The van der Waals surface area contributed by atoms with Crippen LogP contribution in [-0.2, 0) is 19.4 Å². The molecule has 2 aromatic heterocycles. The molecule has 9 heteroatoms. The maximum absolute atomic E-state index is 14.3. The third-order valence-electron chi connectivity index (χ3n) is 8.87. The molecular formula is C35H41N5O3S. The first-order chi connectivity index (χ1) is 21.3. The van der Waals surface area contributed by atoms with Crippen LogP contribution in [0.15, 0.2) is 62.6 Å². The van der Waals surface area contributed by atoms with E-state index in [0.717, 1.165) is 89.5 Å². The molecule has 4 aromatic rings. The number of unbranched alkanes of at least 4 members (excludes halogenated alkanes) is 1. The Bertz CT molecular complexity index is 1740. The van der Waals surface area contributed by atoms with Crippen LogP contribution in [0, 0.1) is 11.8 Å². The molecule has 1 saturated heterocycles. The number of hydrogen-bond donors (Lipinski definition) is 1. The molecule has 0 radical (unpaired) electrons. The van der Waals surface area contributed by atoms with Crippen molar-refractivity contribution >= 4 is 17.2 Å². The second kappa shape index (κ2) is 13.0. The second-order valence-corrected chi connectivity index (χ2v) is 13.2. The summed E-state index contributed by atoms with van der Waals surface area (Å²) in [5, 5.41) is 3.88. The van der Waals surface area contributed by atoms with E-state index in [0.29, 0.717) is 36.5 Å². The van der Waals surface area contributed by atoms with E-state index >= 15 is 0 Å². The van der Waals surface area contributed by atoms with Crippen molar-refractivity contribution in [3.8, 4) is 22.5 Å². The molecule has 1 aliphatic heterocycles. The van der Waals surface area contributed by atoms with Gasteiger partial charge < -0.3 is 4.90 Å². The average molecular weight is 612 g/mol. The van der Waals surface area contributed by atoms with Gasteiger partial charge in [-0.3, -0.25) is 18.9 Å². The monoisotopic (exact) mass is 611 g/mol. The lowest BCUT2D eigenvalue weighted by atomic mass is 9.91. The van der Waals surface area contributed by atoms with E-state index < -0.39 is 5.76 Å². The van der Waals surface area contributed by atoms with Crippen LogP contribution in [-0.4, -0.2) is 42.7 Å². The van der Waals surface area contributed by atoms with E-state index in [1.54, 1.807) is 0 Å². The Morgan fingerprint density at radius 3 is 2.36 bits per heavy atom. The predicted molar refractivity (Wildman–Crippen MR) is 177 cm³/mol. The van der Waals surface area contributed by atoms with Crippen molar-refractivity contribution in [3.63, 3.8) is 0 Å². The zero-order valence-corrected chi connectivity index (χ0v) is 26.7. The molecule has 2 atom stereocenters. The van der Waals surface area contributed by atoms with Crippen molar-refractivity contribution in [3.05, 3.63) is 92.1 Å². The number of rotatable bonds is 10. The van der Waals surface area contributed by atoms with E-state index in [-0.39, 0.29) is 5.56 Å². The Kier molecular flexibility index (Phi) is 8.93. The average Bonchev–Trinajstić information content (AvgIpc) is 3.77. The zero-order chi connectivity index (χ0) is 30.8. The quantitative estimate of drug-likeness (QED) is 0.208. The minimum Gasteiger partial charge on any atom is -0.365 e. The van der Waals surface area contributed by atoms with Crippen LogP contribution in [0.25, 0.3) is 22.5 Å². The van der Waals surface area contributed by atoms with Gasteiger partial charge in [0.2, 0.25) is 0 Å².